The molecule has 1 aromatic heterocycles. The Morgan fingerprint density at radius 2 is 1.75 bits per heavy atom. The Morgan fingerprint density at radius 3 is 2.32 bits per heavy atom. The Morgan fingerprint density at radius 1 is 1.14 bits per heavy atom. The summed E-state index contributed by atoms with van der Waals surface area (Å²) in [6.07, 6.45) is 6.95. The number of nitrogens with zero attached hydrogens (tertiary/aromatic N) is 2. The second kappa shape index (κ2) is 6.24. The van der Waals surface area contributed by atoms with Crippen LogP contribution in [0.5, 0.6) is 0 Å². The molecule has 0 unspecified atom stereocenters. The van der Waals surface area contributed by atoms with E-state index in [0.717, 1.165) is 24.0 Å². The van der Waals surface area contributed by atoms with Crippen LogP contribution in [0.2, 0.25) is 0 Å². The molecule has 4 bridgehead atoms. The third kappa shape index (κ3) is 2.88. The van der Waals surface area contributed by atoms with E-state index in [0.29, 0.717) is 28.4 Å². The Balaban J connectivity index is 1.41. The summed E-state index contributed by atoms with van der Waals surface area (Å²) in [5.41, 5.74) is 0.495. The molecular formula is C20H25N3O3S2. The van der Waals surface area contributed by atoms with Gasteiger partial charge in [0.25, 0.3) is 0 Å². The minimum atomic E-state index is -3.49. The maximum atomic E-state index is 13.2. The number of aromatic nitrogens is 1. The maximum absolute atomic E-state index is 13.2. The van der Waals surface area contributed by atoms with Crippen molar-refractivity contribution in [2.75, 3.05) is 19.4 Å². The maximum Gasteiger partial charge on any atom is 0.242 e. The summed E-state index contributed by atoms with van der Waals surface area (Å²) in [7, 11) is -0.454. The van der Waals surface area contributed by atoms with Crippen molar-refractivity contribution in [3.05, 3.63) is 18.2 Å². The average molecular weight is 420 g/mol. The molecule has 6 nitrogen and oxygen atoms in total. The summed E-state index contributed by atoms with van der Waals surface area (Å²) < 4.78 is 26.7. The minimum Gasteiger partial charge on any atom is -0.301 e. The number of carbonyl (C=O) groups excluding carboxylic acids is 1. The molecule has 4 aliphatic carbocycles. The number of thiazole rings is 1. The molecule has 6 rings (SSSR count). The number of sulfonamides is 1. The Labute approximate surface area is 169 Å². The molecule has 28 heavy (non-hydrogen) atoms. The fourth-order valence-electron chi connectivity index (χ4n) is 5.95. The number of nitrogens with one attached hydrogen (secondary N) is 1. The molecule has 8 heteroatoms. The number of rotatable bonds is 4. The van der Waals surface area contributed by atoms with Crippen LogP contribution in [0.1, 0.15) is 38.5 Å². The molecule has 4 fully saturated rings. The number of amides is 1. The molecule has 0 saturated heterocycles. The van der Waals surface area contributed by atoms with Crippen molar-refractivity contribution in [1.82, 2.24) is 9.29 Å². The van der Waals surface area contributed by atoms with Gasteiger partial charge >= 0.3 is 0 Å². The molecule has 1 amide bonds. The van der Waals surface area contributed by atoms with E-state index in [1.807, 2.05) is 0 Å². The normalized spacial score (nSPS) is 31.6. The van der Waals surface area contributed by atoms with Crippen LogP contribution >= 0.6 is 11.3 Å². The highest BCUT2D eigenvalue weighted by Gasteiger charge is 2.54. The molecule has 4 aliphatic rings. The largest absolute Gasteiger partial charge is 0.301 e. The molecular weight excluding hydrogens is 394 g/mol. The van der Waals surface area contributed by atoms with Gasteiger partial charge in [-0.15, -0.1) is 0 Å². The average Bonchev–Trinajstić information content (AvgIpc) is 3.01. The summed E-state index contributed by atoms with van der Waals surface area (Å²) in [6, 6.07) is 4.92. The molecule has 0 radical (unpaired) electrons. The van der Waals surface area contributed by atoms with Gasteiger partial charge in [0, 0.05) is 14.1 Å². The van der Waals surface area contributed by atoms with Crippen molar-refractivity contribution in [3.8, 4) is 0 Å². The van der Waals surface area contributed by atoms with Crippen LogP contribution in [-0.2, 0) is 14.8 Å². The molecule has 0 spiro atoms. The quantitative estimate of drug-likeness (QED) is 0.819. The standard InChI is InChI=1S/C20H25N3O3S2/c1-23(2)28(25,26)15-3-4-16-17(8-15)27-19(21-16)22-18(24)20-9-12-5-13(10-20)7-14(6-12)11-20/h3-4,8,12-14H,5-7,9-11H2,1-2H3,(H,21,22,24). The van der Waals surface area contributed by atoms with E-state index >= 15 is 0 Å². The molecule has 150 valence electrons. The Hall–Kier alpha value is -1.51. The second-order valence-corrected chi connectivity index (χ2v) is 12.3. The first-order valence-electron chi connectivity index (χ1n) is 9.90. The number of hydrogen-bond acceptors (Lipinski definition) is 5. The van der Waals surface area contributed by atoms with Gasteiger partial charge in [-0.05, 0) is 74.5 Å². The fourth-order valence-corrected chi connectivity index (χ4v) is 7.85. The van der Waals surface area contributed by atoms with Crippen molar-refractivity contribution >= 4 is 42.6 Å². The summed E-state index contributed by atoms with van der Waals surface area (Å²) in [6.45, 7) is 0. The lowest BCUT2D eigenvalue weighted by atomic mass is 9.49. The summed E-state index contributed by atoms with van der Waals surface area (Å²) in [5.74, 6) is 2.26. The predicted molar refractivity (Wildman–Crippen MR) is 110 cm³/mol. The van der Waals surface area contributed by atoms with Gasteiger partial charge in [-0.1, -0.05) is 11.3 Å². The molecule has 1 N–H and O–H groups in total. The highest BCUT2D eigenvalue weighted by molar-refractivity contribution is 7.89. The van der Waals surface area contributed by atoms with Gasteiger partial charge in [0.2, 0.25) is 15.9 Å². The first-order valence-corrected chi connectivity index (χ1v) is 12.2. The third-order valence-corrected chi connectivity index (χ3v) is 9.62. The van der Waals surface area contributed by atoms with E-state index in [4.69, 9.17) is 0 Å². The van der Waals surface area contributed by atoms with Gasteiger partial charge in [-0.3, -0.25) is 4.79 Å². The number of carbonyl (C=O) groups is 1. The minimum absolute atomic E-state index is 0.117. The molecule has 4 saturated carbocycles. The molecule has 2 aromatic rings. The monoisotopic (exact) mass is 419 g/mol. The zero-order chi connectivity index (χ0) is 19.7. The first kappa shape index (κ1) is 18.5. The van der Waals surface area contributed by atoms with Crippen LogP contribution in [0.4, 0.5) is 5.13 Å². The van der Waals surface area contributed by atoms with Crippen LogP contribution in [-0.4, -0.2) is 37.7 Å². The van der Waals surface area contributed by atoms with Crippen molar-refractivity contribution < 1.29 is 13.2 Å². The highest BCUT2D eigenvalue weighted by atomic mass is 32.2. The fraction of sp³-hybridized carbons (Fsp3) is 0.600. The predicted octanol–water partition coefficient (Wildman–Crippen LogP) is 3.70. The van der Waals surface area contributed by atoms with Crippen LogP contribution in [0, 0.1) is 23.2 Å². The van der Waals surface area contributed by atoms with Crippen molar-refractivity contribution in [3.63, 3.8) is 0 Å². The highest BCUT2D eigenvalue weighted by Crippen LogP contribution is 2.60. The van der Waals surface area contributed by atoms with Crippen molar-refractivity contribution in [2.45, 2.75) is 43.4 Å². The second-order valence-electron chi connectivity index (χ2n) is 9.09. The van der Waals surface area contributed by atoms with E-state index in [9.17, 15) is 13.2 Å². The van der Waals surface area contributed by atoms with Gasteiger partial charge in [0.05, 0.1) is 20.5 Å². The Bertz CT molecular complexity index is 1020. The smallest absolute Gasteiger partial charge is 0.242 e. The summed E-state index contributed by atoms with van der Waals surface area (Å²) >= 11 is 1.35. The van der Waals surface area contributed by atoms with E-state index < -0.39 is 10.0 Å². The van der Waals surface area contributed by atoms with Crippen LogP contribution in [0.15, 0.2) is 23.1 Å². The lowest BCUT2D eigenvalue weighted by Crippen LogP contribution is -2.51. The van der Waals surface area contributed by atoms with Gasteiger partial charge in [-0.25, -0.2) is 17.7 Å². The van der Waals surface area contributed by atoms with E-state index in [-0.39, 0.29) is 16.2 Å². The van der Waals surface area contributed by atoms with Crippen molar-refractivity contribution in [1.29, 1.82) is 0 Å². The number of benzene rings is 1. The van der Waals surface area contributed by atoms with E-state index in [1.165, 1.54) is 49.0 Å². The van der Waals surface area contributed by atoms with Crippen LogP contribution in [0.3, 0.4) is 0 Å². The van der Waals surface area contributed by atoms with E-state index in [2.05, 4.69) is 10.3 Å². The Kier molecular flexibility index (Phi) is 4.13. The zero-order valence-electron chi connectivity index (χ0n) is 16.1. The summed E-state index contributed by atoms with van der Waals surface area (Å²) in [5, 5.41) is 3.64. The SMILES string of the molecule is CN(C)S(=O)(=O)c1ccc2nc(NC(=O)C34CC5CC(CC(C5)C3)C4)sc2c1. The van der Waals surface area contributed by atoms with Gasteiger partial charge in [0.15, 0.2) is 5.13 Å². The van der Waals surface area contributed by atoms with Crippen LogP contribution < -0.4 is 5.32 Å². The van der Waals surface area contributed by atoms with Gasteiger partial charge in [-0.2, -0.15) is 0 Å². The van der Waals surface area contributed by atoms with Crippen LogP contribution in [0.25, 0.3) is 10.2 Å². The lowest BCUT2D eigenvalue weighted by Gasteiger charge is -2.55. The molecule has 1 aromatic carbocycles. The third-order valence-electron chi connectivity index (χ3n) is 6.88. The zero-order valence-corrected chi connectivity index (χ0v) is 17.8. The number of fused-ring (bicyclic) bond motifs is 1. The van der Waals surface area contributed by atoms with Gasteiger partial charge < -0.3 is 5.32 Å². The molecule has 0 atom stereocenters. The molecule has 0 aliphatic heterocycles. The topological polar surface area (TPSA) is 79.4 Å². The van der Waals surface area contributed by atoms with Crippen molar-refractivity contribution in [2.24, 2.45) is 23.2 Å². The first-order chi connectivity index (χ1) is 13.2. The number of anilines is 1. The lowest BCUT2D eigenvalue weighted by molar-refractivity contribution is -0.140. The number of hydrogen-bond donors (Lipinski definition) is 1. The van der Waals surface area contributed by atoms with Gasteiger partial charge in [0.1, 0.15) is 0 Å². The molecule has 1 heterocycles. The summed E-state index contributed by atoms with van der Waals surface area (Å²) in [4.78, 5) is 18.0. The van der Waals surface area contributed by atoms with E-state index in [1.54, 1.807) is 18.2 Å².